The first-order valence-electron chi connectivity index (χ1n) is 9.92. The smallest absolute Gasteiger partial charge is 0.304 e. The topological polar surface area (TPSA) is 63.7 Å². The summed E-state index contributed by atoms with van der Waals surface area (Å²) in [4.78, 5) is 39.2. The van der Waals surface area contributed by atoms with Crippen LogP contribution in [-0.4, -0.2) is 34.6 Å². The van der Waals surface area contributed by atoms with Crippen LogP contribution in [0, 0.1) is 5.92 Å². The minimum absolute atomic E-state index is 0.124. The number of fused-ring (bicyclic) bond motifs is 1. The van der Waals surface area contributed by atoms with Gasteiger partial charge in [0.15, 0.2) is 0 Å². The average Bonchev–Trinajstić information content (AvgIpc) is 2.69. The lowest BCUT2D eigenvalue weighted by Crippen LogP contribution is -2.52. The predicted octanol–water partition coefficient (Wildman–Crippen LogP) is 4.77. The Morgan fingerprint density at radius 3 is 2.57 bits per heavy atom. The molecule has 5 nitrogen and oxygen atoms in total. The Labute approximate surface area is 183 Å². The average molecular weight is 430 g/mol. The summed E-state index contributed by atoms with van der Waals surface area (Å²) in [7, 11) is 0. The molecule has 1 heterocycles. The van der Waals surface area contributed by atoms with Gasteiger partial charge in [0.1, 0.15) is 0 Å². The van der Waals surface area contributed by atoms with E-state index in [2.05, 4.69) is 26.5 Å². The first-order chi connectivity index (χ1) is 14.0. The van der Waals surface area contributed by atoms with E-state index in [1.807, 2.05) is 24.0 Å². The van der Waals surface area contributed by atoms with E-state index in [1.165, 1.54) is 6.92 Å². The highest BCUT2D eigenvalue weighted by molar-refractivity contribution is 6.49. The first kappa shape index (κ1) is 23.6. The van der Waals surface area contributed by atoms with E-state index in [0.717, 1.165) is 24.6 Å². The number of carbonyl (C=O) groups excluding carboxylic acids is 3. The van der Waals surface area contributed by atoms with Crippen molar-refractivity contribution in [2.75, 3.05) is 6.54 Å². The number of esters is 1. The Balaban J connectivity index is 2.53. The van der Waals surface area contributed by atoms with Crippen LogP contribution in [0.3, 0.4) is 0 Å². The van der Waals surface area contributed by atoms with Gasteiger partial charge in [-0.15, -0.1) is 6.58 Å². The summed E-state index contributed by atoms with van der Waals surface area (Å²) in [5, 5.41) is -0.124. The molecule has 0 bridgehead atoms. The van der Waals surface area contributed by atoms with Crippen molar-refractivity contribution < 1.29 is 19.1 Å². The van der Waals surface area contributed by atoms with Gasteiger partial charge in [-0.2, -0.15) is 0 Å². The fourth-order valence-corrected chi connectivity index (χ4v) is 3.66. The predicted molar refractivity (Wildman–Crippen MR) is 118 cm³/mol. The van der Waals surface area contributed by atoms with E-state index in [1.54, 1.807) is 18.4 Å². The van der Waals surface area contributed by atoms with Gasteiger partial charge in [0.2, 0.25) is 17.2 Å². The van der Waals surface area contributed by atoms with Crippen LogP contribution in [0.15, 0.2) is 70.6 Å². The lowest BCUT2D eigenvalue weighted by atomic mass is 9.79. The summed E-state index contributed by atoms with van der Waals surface area (Å²) < 4.78 is 5.09. The number of halogens is 1. The molecule has 0 N–H and O–H groups in total. The van der Waals surface area contributed by atoms with Gasteiger partial charge in [0.25, 0.3) is 0 Å². The molecule has 0 unspecified atom stereocenters. The summed E-state index contributed by atoms with van der Waals surface area (Å²) in [6, 6.07) is 0. The molecule has 2 rings (SSSR count). The van der Waals surface area contributed by atoms with Crippen LogP contribution in [0.5, 0.6) is 0 Å². The Bertz CT molecular complexity index is 935. The van der Waals surface area contributed by atoms with Gasteiger partial charge in [-0.1, -0.05) is 55.7 Å². The third-order valence-electron chi connectivity index (χ3n) is 5.13. The summed E-state index contributed by atoms with van der Waals surface area (Å²) in [6.07, 6.45) is 12.2. The van der Waals surface area contributed by atoms with Crippen LogP contribution < -0.4 is 0 Å². The quantitative estimate of drug-likeness (QED) is 0.252. The Kier molecular flexibility index (Phi) is 7.43. The van der Waals surface area contributed by atoms with Gasteiger partial charge in [-0.05, 0) is 31.9 Å². The van der Waals surface area contributed by atoms with Gasteiger partial charge < -0.3 is 9.64 Å². The van der Waals surface area contributed by atoms with Gasteiger partial charge in [0, 0.05) is 36.5 Å². The van der Waals surface area contributed by atoms with Crippen molar-refractivity contribution in [1.82, 2.24) is 4.90 Å². The first-order valence-corrected chi connectivity index (χ1v) is 10.3. The highest BCUT2D eigenvalue weighted by Gasteiger charge is 2.52. The van der Waals surface area contributed by atoms with Crippen LogP contribution >= 0.6 is 11.6 Å². The zero-order valence-corrected chi connectivity index (χ0v) is 18.9. The number of hydrogen-bond donors (Lipinski definition) is 0. The van der Waals surface area contributed by atoms with Crippen LogP contribution in [-0.2, 0) is 19.1 Å². The van der Waals surface area contributed by atoms with E-state index >= 15 is 0 Å². The molecule has 0 spiro atoms. The molecular weight excluding hydrogens is 402 g/mol. The number of hydrogen-bond acceptors (Lipinski definition) is 5. The molecule has 0 aromatic rings. The lowest BCUT2D eigenvalue weighted by Gasteiger charge is -2.35. The molecular formula is C24H28ClNO4. The Morgan fingerprint density at radius 1 is 1.33 bits per heavy atom. The van der Waals surface area contributed by atoms with Crippen molar-refractivity contribution in [2.45, 2.75) is 46.6 Å². The van der Waals surface area contributed by atoms with E-state index in [0.29, 0.717) is 18.0 Å². The summed E-state index contributed by atoms with van der Waals surface area (Å²) in [6.45, 7) is 13.0. The third-order valence-corrected chi connectivity index (χ3v) is 5.50. The van der Waals surface area contributed by atoms with Gasteiger partial charge >= 0.3 is 5.97 Å². The van der Waals surface area contributed by atoms with Crippen molar-refractivity contribution in [3.63, 3.8) is 0 Å². The SMILES string of the molecule is C=CCN1C=C2C(=O)[C@@](C)(OC(C)=O)C(=O)C(Cl)=C2C=C1/C=C/C(C)=C/[C@@H](C)CC. The van der Waals surface area contributed by atoms with Gasteiger partial charge in [-0.25, -0.2) is 0 Å². The van der Waals surface area contributed by atoms with E-state index in [4.69, 9.17) is 16.3 Å². The number of rotatable bonds is 7. The monoisotopic (exact) mass is 429 g/mol. The zero-order chi connectivity index (χ0) is 22.6. The molecule has 160 valence electrons. The number of carbonyl (C=O) groups is 3. The van der Waals surface area contributed by atoms with Crippen molar-refractivity contribution in [2.24, 2.45) is 5.92 Å². The summed E-state index contributed by atoms with van der Waals surface area (Å²) in [5.41, 5.74) is 0.473. The number of allylic oxidation sites excluding steroid dienone is 6. The standard InChI is InChI=1S/C24H28ClNO4/c1-7-11-26-14-20-19(13-18(26)10-9-16(4)12-15(3)8-2)21(25)23(29)24(6,22(20)28)30-17(5)27/h7,9-10,12-15H,1,8,11H2,2-6H3/b10-9+,16-12+/t15-,24+/m0/s1. The molecule has 0 saturated carbocycles. The summed E-state index contributed by atoms with van der Waals surface area (Å²) >= 11 is 6.34. The van der Waals surface area contributed by atoms with Crippen LogP contribution in [0.2, 0.25) is 0 Å². The van der Waals surface area contributed by atoms with Crippen molar-refractivity contribution in [3.05, 3.63) is 70.6 Å². The zero-order valence-electron chi connectivity index (χ0n) is 18.1. The maximum Gasteiger partial charge on any atom is 0.304 e. The van der Waals surface area contributed by atoms with Gasteiger partial charge in [0.05, 0.1) is 5.03 Å². The fourth-order valence-electron chi connectivity index (χ4n) is 3.32. The van der Waals surface area contributed by atoms with Crippen molar-refractivity contribution in [3.8, 4) is 0 Å². The van der Waals surface area contributed by atoms with Gasteiger partial charge in [-0.3, -0.25) is 14.4 Å². The molecule has 0 radical (unpaired) electrons. The molecule has 30 heavy (non-hydrogen) atoms. The normalized spacial score (nSPS) is 23.3. The third kappa shape index (κ3) is 4.73. The van der Waals surface area contributed by atoms with Crippen molar-refractivity contribution in [1.29, 1.82) is 0 Å². The maximum atomic E-state index is 13.1. The number of nitrogens with zero attached hydrogens (tertiary/aromatic N) is 1. The van der Waals surface area contributed by atoms with Crippen LogP contribution in [0.25, 0.3) is 0 Å². The fraction of sp³-hybridized carbons (Fsp3) is 0.375. The number of Topliss-reactive ketones (excluding diaryl/α,β-unsaturated/α-hetero) is 2. The minimum Gasteiger partial charge on any atom is -0.443 e. The molecule has 0 fully saturated rings. The van der Waals surface area contributed by atoms with Crippen LogP contribution in [0.1, 0.15) is 41.0 Å². The number of ether oxygens (including phenoxy) is 1. The second-order valence-corrected chi connectivity index (χ2v) is 8.07. The molecule has 2 atom stereocenters. The Morgan fingerprint density at radius 2 is 2.00 bits per heavy atom. The minimum atomic E-state index is -1.96. The van der Waals surface area contributed by atoms with E-state index in [-0.39, 0.29) is 10.6 Å². The molecule has 0 aromatic carbocycles. The molecule has 0 aromatic heterocycles. The molecule has 1 aliphatic heterocycles. The highest BCUT2D eigenvalue weighted by Crippen LogP contribution is 2.39. The lowest BCUT2D eigenvalue weighted by molar-refractivity contribution is -0.167. The second-order valence-electron chi connectivity index (χ2n) is 7.70. The Hall–Kier alpha value is -2.66. The van der Waals surface area contributed by atoms with Crippen LogP contribution in [0.4, 0.5) is 0 Å². The highest BCUT2D eigenvalue weighted by atomic mass is 35.5. The second kappa shape index (κ2) is 9.43. The van der Waals surface area contributed by atoms with Crippen molar-refractivity contribution >= 4 is 29.1 Å². The summed E-state index contributed by atoms with van der Waals surface area (Å²) in [5.74, 6) is -1.57. The number of ketones is 2. The maximum absolute atomic E-state index is 13.1. The molecule has 0 saturated heterocycles. The van der Waals surface area contributed by atoms with E-state index in [9.17, 15) is 14.4 Å². The molecule has 6 heteroatoms. The molecule has 1 aliphatic carbocycles. The molecule has 0 amide bonds. The largest absolute Gasteiger partial charge is 0.443 e. The molecule has 2 aliphatic rings. The van der Waals surface area contributed by atoms with E-state index < -0.39 is 23.1 Å².